The summed E-state index contributed by atoms with van der Waals surface area (Å²) in [7, 11) is -3.68. The Morgan fingerprint density at radius 3 is 2.71 bits per heavy atom. The summed E-state index contributed by atoms with van der Waals surface area (Å²) in [6.45, 7) is 0.871. The zero-order valence-electron chi connectivity index (χ0n) is 12.8. The number of carbonyl (C=O) groups is 1. The fraction of sp³-hybridized carbons (Fsp3) is 0.333. The predicted octanol–water partition coefficient (Wildman–Crippen LogP) is 0.0950. The first-order chi connectivity index (χ1) is 11.5. The molecular weight excluding hydrogens is 332 g/mol. The van der Waals surface area contributed by atoms with Gasteiger partial charge in [-0.15, -0.1) is 0 Å². The number of carbonyl (C=O) groups excluding carboxylic acids is 1. The Morgan fingerprint density at radius 1 is 1.38 bits per heavy atom. The van der Waals surface area contributed by atoms with Crippen LogP contribution in [-0.4, -0.2) is 53.5 Å². The lowest BCUT2D eigenvalue weighted by molar-refractivity contribution is 0.0765. The van der Waals surface area contributed by atoms with E-state index in [-0.39, 0.29) is 17.3 Å². The van der Waals surface area contributed by atoms with E-state index in [1.807, 2.05) is 0 Å². The van der Waals surface area contributed by atoms with Crippen LogP contribution < -0.4 is 4.72 Å². The van der Waals surface area contributed by atoms with Crippen molar-refractivity contribution >= 4 is 15.9 Å². The van der Waals surface area contributed by atoms with Gasteiger partial charge in [-0.3, -0.25) is 4.79 Å². The highest BCUT2D eigenvalue weighted by Gasteiger charge is 2.25. The molecule has 2 aromatic rings. The third-order valence-electron chi connectivity index (χ3n) is 3.85. The van der Waals surface area contributed by atoms with Crippen LogP contribution in [0.2, 0.25) is 0 Å². The molecular formula is C15H18N4O4S. The summed E-state index contributed by atoms with van der Waals surface area (Å²) in [6, 6.07) is 5.75. The van der Waals surface area contributed by atoms with Gasteiger partial charge in [0, 0.05) is 31.0 Å². The smallest absolute Gasteiger partial charge is 0.253 e. The highest BCUT2D eigenvalue weighted by molar-refractivity contribution is 7.89. The molecule has 1 aromatic carbocycles. The number of nitrogens with zero attached hydrogens (tertiary/aromatic N) is 2. The number of aliphatic hydroxyl groups is 1. The Hall–Kier alpha value is -2.23. The Bertz CT molecular complexity index is 803. The molecule has 1 atom stereocenters. The van der Waals surface area contributed by atoms with Crippen LogP contribution in [-0.2, 0) is 16.6 Å². The highest BCUT2D eigenvalue weighted by Crippen LogP contribution is 2.16. The van der Waals surface area contributed by atoms with Crippen LogP contribution in [0.25, 0.3) is 0 Å². The van der Waals surface area contributed by atoms with Crippen molar-refractivity contribution in [1.29, 1.82) is 0 Å². The number of hydrogen-bond acceptors (Lipinski definition) is 5. The summed E-state index contributed by atoms with van der Waals surface area (Å²) in [5, 5.41) is 9.49. The van der Waals surface area contributed by atoms with Crippen molar-refractivity contribution in [2.75, 3.05) is 13.1 Å². The SMILES string of the molecule is O=C(c1ccc(S(=O)(=O)NCc2ncc[nH]2)cc1)N1CCC(O)C1. The van der Waals surface area contributed by atoms with Crippen LogP contribution in [0, 0.1) is 0 Å². The topological polar surface area (TPSA) is 115 Å². The molecule has 0 radical (unpaired) electrons. The van der Waals surface area contributed by atoms with Crippen molar-refractivity contribution in [3.63, 3.8) is 0 Å². The number of aliphatic hydroxyl groups excluding tert-OH is 1. The van der Waals surface area contributed by atoms with Gasteiger partial charge in [-0.05, 0) is 30.7 Å². The van der Waals surface area contributed by atoms with E-state index >= 15 is 0 Å². The average Bonchev–Trinajstić information content (AvgIpc) is 3.24. The maximum atomic E-state index is 12.3. The molecule has 1 unspecified atom stereocenters. The van der Waals surface area contributed by atoms with Crippen LogP contribution in [0.5, 0.6) is 0 Å². The third-order valence-corrected chi connectivity index (χ3v) is 5.26. The molecule has 1 aromatic heterocycles. The minimum atomic E-state index is -3.68. The van der Waals surface area contributed by atoms with E-state index in [9.17, 15) is 18.3 Å². The minimum absolute atomic E-state index is 0.0572. The molecule has 2 heterocycles. The second kappa shape index (κ2) is 6.71. The van der Waals surface area contributed by atoms with Crippen molar-refractivity contribution in [2.24, 2.45) is 0 Å². The molecule has 1 aliphatic rings. The summed E-state index contributed by atoms with van der Waals surface area (Å²) in [6.07, 6.45) is 3.23. The van der Waals surface area contributed by atoms with E-state index in [0.717, 1.165) is 0 Å². The average molecular weight is 350 g/mol. The zero-order valence-corrected chi connectivity index (χ0v) is 13.7. The summed E-state index contributed by atoms with van der Waals surface area (Å²) < 4.78 is 26.9. The lowest BCUT2D eigenvalue weighted by Crippen LogP contribution is -2.29. The number of sulfonamides is 1. The number of likely N-dealkylation sites (tertiary alicyclic amines) is 1. The molecule has 1 fully saturated rings. The first kappa shape index (κ1) is 16.6. The van der Waals surface area contributed by atoms with Gasteiger partial charge < -0.3 is 15.0 Å². The van der Waals surface area contributed by atoms with Crippen LogP contribution in [0.15, 0.2) is 41.6 Å². The number of hydrogen-bond donors (Lipinski definition) is 3. The Kier molecular flexibility index (Phi) is 4.65. The molecule has 8 nitrogen and oxygen atoms in total. The minimum Gasteiger partial charge on any atom is -0.391 e. The zero-order chi connectivity index (χ0) is 17.2. The summed E-state index contributed by atoms with van der Waals surface area (Å²) in [5.41, 5.74) is 0.397. The molecule has 0 bridgehead atoms. The van der Waals surface area contributed by atoms with E-state index in [1.54, 1.807) is 17.3 Å². The second-order valence-corrected chi connectivity index (χ2v) is 7.35. The molecule has 1 amide bonds. The lowest BCUT2D eigenvalue weighted by atomic mass is 10.2. The molecule has 3 rings (SSSR count). The number of imidazole rings is 1. The molecule has 1 aliphatic heterocycles. The standard InChI is InChI=1S/C15H18N4O4S/c20-12-5-8-19(10-12)15(21)11-1-3-13(4-2-11)24(22,23)18-9-14-16-6-7-17-14/h1-4,6-7,12,18,20H,5,8-10H2,(H,16,17). The fourth-order valence-corrected chi connectivity index (χ4v) is 3.51. The summed E-state index contributed by atoms with van der Waals surface area (Å²) >= 11 is 0. The largest absolute Gasteiger partial charge is 0.391 e. The molecule has 3 N–H and O–H groups in total. The van der Waals surface area contributed by atoms with Crippen molar-refractivity contribution in [1.82, 2.24) is 19.6 Å². The van der Waals surface area contributed by atoms with Gasteiger partial charge in [0.1, 0.15) is 5.82 Å². The number of amides is 1. The maximum absolute atomic E-state index is 12.3. The molecule has 128 valence electrons. The molecule has 0 aliphatic carbocycles. The molecule has 1 saturated heterocycles. The van der Waals surface area contributed by atoms with Gasteiger partial charge in [-0.25, -0.2) is 18.1 Å². The van der Waals surface area contributed by atoms with Crippen LogP contribution >= 0.6 is 0 Å². The lowest BCUT2D eigenvalue weighted by Gasteiger charge is -2.15. The molecule has 0 saturated carbocycles. The van der Waals surface area contributed by atoms with Crippen molar-refractivity contribution in [2.45, 2.75) is 24.0 Å². The monoisotopic (exact) mass is 350 g/mol. The van der Waals surface area contributed by atoms with Crippen LogP contribution in [0.4, 0.5) is 0 Å². The number of β-amino-alcohol motifs (C(OH)–C–C–N with tert-alkyl or cyclic N) is 1. The van der Waals surface area contributed by atoms with Crippen LogP contribution in [0.3, 0.4) is 0 Å². The molecule has 0 spiro atoms. The number of aromatic nitrogens is 2. The number of aromatic amines is 1. The molecule has 9 heteroatoms. The first-order valence-corrected chi connectivity index (χ1v) is 8.99. The van der Waals surface area contributed by atoms with E-state index < -0.39 is 16.1 Å². The van der Waals surface area contributed by atoms with Crippen molar-refractivity contribution < 1.29 is 18.3 Å². The maximum Gasteiger partial charge on any atom is 0.253 e. The first-order valence-electron chi connectivity index (χ1n) is 7.51. The van der Waals surface area contributed by atoms with Crippen molar-refractivity contribution in [3.05, 3.63) is 48.0 Å². The van der Waals surface area contributed by atoms with E-state index in [1.165, 1.54) is 24.3 Å². The summed E-state index contributed by atoms with van der Waals surface area (Å²) in [5.74, 6) is 0.303. The predicted molar refractivity (Wildman–Crippen MR) is 85.6 cm³/mol. The van der Waals surface area contributed by atoms with E-state index in [0.29, 0.717) is 30.9 Å². The Morgan fingerprint density at radius 2 is 2.12 bits per heavy atom. The number of nitrogens with one attached hydrogen (secondary N) is 2. The van der Waals surface area contributed by atoms with Crippen molar-refractivity contribution in [3.8, 4) is 0 Å². The van der Waals surface area contributed by atoms with Crippen LogP contribution in [0.1, 0.15) is 22.6 Å². The third kappa shape index (κ3) is 3.64. The van der Waals surface area contributed by atoms with Gasteiger partial charge in [0.25, 0.3) is 5.91 Å². The second-order valence-electron chi connectivity index (χ2n) is 5.58. The van der Waals surface area contributed by atoms with Gasteiger partial charge >= 0.3 is 0 Å². The van der Waals surface area contributed by atoms with Gasteiger partial charge in [0.05, 0.1) is 17.5 Å². The highest BCUT2D eigenvalue weighted by atomic mass is 32.2. The normalized spacial score (nSPS) is 18.0. The van der Waals surface area contributed by atoms with Gasteiger partial charge in [-0.1, -0.05) is 0 Å². The van der Waals surface area contributed by atoms with Gasteiger partial charge in [-0.2, -0.15) is 0 Å². The van der Waals surface area contributed by atoms with E-state index in [4.69, 9.17) is 0 Å². The quantitative estimate of drug-likeness (QED) is 0.707. The summed E-state index contributed by atoms with van der Waals surface area (Å²) in [4.78, 5) is 20.7. The van der Waals surface area contributed by atoms with Gasteiger partial charge in [0.15, 0.2) is 0 Å². The van der Waals surface area contributed by atoms with E-state index in [2.05, 4.69) is 14.7 Å². The number of H-pyrrole nitrogens is 1. The number of rotatable bonds is 5. The Labute approximate surface area is 139 Å². The fourth-order valence-electron chi connectivity index (χ4n) is 2.53. The van der Waals surface area contributed by atoms with Gasteiger partial charge in [0.2, 0.25) is 10.0 Å². The Balaban J connectivity index is 1.68. The number of benzene rings is 1. The molecule has 24 heavy (non-hydrogen) atoms.